The molecule has 0 fully saturated rings. The first-order chi connectivity index (χ1) is 12.7. The fourth-order valence-corrected chi connectivity index (χ4v) is 2.87. The summed E-state index contributed by atoms with van der Waals surface area (Å²) in [7, 11) is 0. The first-order valence-electron chi connectivity index (χ1n) is 7.92. The number of nitrogens with zero attached hydrogens (tertiary/aromatic N) is 2. The van der Waals surface area contributed by atoms with Crippen molar-refractivity contribution in [2.45, 2.75) is 0 Å². The molecule has 2 aromatic carbocycles. The Morgan fingerprint density at radius 1 is 1.00 bits per heavy atom. The highest BCUT2D eigenvalue weighted by atomic mass is 35.5. The molecule has 2 aromatic heterocycles. The summed E-state index contributed by atoms with van der Waals surface area (Å²) in [6.45, 7) is 0. The van der Waals surface area contributed by atoms with Gasteiger partial charge in [0, 0.05) is 17.6 Å². The number of hydrogen-bond acceptors (Lipinski definition) is 4. The van der Waals surface area contributed by atoms with E-state index in [1.807, 2.05) is 36.4 Å². The summed E-state index contributed by atoms with van der Waals surface area (Å²) in [6.07, 6.45) is 3.28. The molecule has 0 saturated heterocycles. The minimum Gasteiger partial charge on any atom is -0.346 e. The summed E-state index contributed by atoms with van der Waals surface area (Å²) in [5.41, 5.74) is 2.59. The summed E-state index contributed by atoms with van der Waals surface area (Å²) in [6, 6.07) is 16.3. The van der Waals surface area contributed by atoms with Gasteiger partial charge in [0.2, 0.25) is 0 Å². The van der Waals surface area contributed by atoms with Crippen LogP contribution in [0.3, 0.4) is 0 Å². The largest absolute Gasteiger partial charge is 0.346 e. The smallest absolute Gasteiger partial charge is 0.257 e. The lowest BCUT2D eigenvalue weighted by atomic mass is 10.1. The van der Waals surface area contributed by atoms with Gasteiger partial charge in [-0.1, -0.05) is 29.8 Å². The molecule has 0 unspecified atom stereocenters. The number of hydrogen-bond donors (Lipinski definition) is 3. The highest BCUT2D eigenvalue weighted by Crippen LogP contribution is 2.26. The third-order valence-electron chi connectivity index (χ3n) is 3.86. The van der Waals surface area contributed by atoms with Crippen molar-refractivity contribution < 1.29 is 4.79 Å². The number of amides is 1. The Morgan fingerprint density at radius 2 is 1.85 bits per heavy atom. The van der Waals surface area contributed by atoms with Crippen LogP contribution in [0.15, 0.2) is 67.1 Å². The van der Waals surface area contributed by atoms with Crippen LogP contribution >= 0.6 is 11.6 Å². The summed E-state index contributed by atoms with van der Waals surface area (Å²) in [5.74, 6) is 0.400. The van der Waals surface area contributed by atoms with E-state index < -0.39 is 0 Å². The lowest BCUT2D eigenvalue weighted by molar-refractivity contribution is 0.102. The third kappa shape index (κ3) is 3.22. The van der Waals surface area contributed by atoms with Gasteiger partial charge >= 0.3 is 0 Å². The Labute approximate surface area is 154 Å². The van der Waals surface area contributed by atoms with Gasteiger partial charge in [-0.05, 0) is 36.4 Å². The number of rotatable bonds is 4. The van der Waals surface area contributed by atoms with Gasteiger partial charge in [0.25, 0.3) is 5.91 Å². The Hall–Kier alpha value is -3.38. The number of carbonyl (C=O) groups is 1. The van der Waals surface area contributed by atoms with Crippen molar-refractivity contribution in [3.05, 3.63) is 77.7 Å². The molecule has 0 atom stereocenters. The van der Waals surface area contributed by atoms with Gasteiger partial charge in [0.1, 0.15) is 17.8 Å². The lowest BCUT2D eigenvalue weighted by Crippen LogP contribution is -2.12. The van der Waals surface area contributed by atoms with Gasteiger partial charge in [-0.2, -0.15) is 0 Å². The standard InChI is InChI=1S/C19H14ClN5O/c20-16-10-13(24-18-15-8-9-21-17(15)22-11-23-18)6-7-14(16)19(26)25-12-4-2-1-3-5-12/h1-11H,(H,25,26)(H2,21,22,23,24). The van der Waals surface area contributed by atoms with Crippen molar-refractivity contribution in [2.24, 2.45) is 0 Å². The fourth-order valence-electron chi connectivity index (χ4n) is 2.61. The van der Waals surface area contributed by atoms with Crippen LogP contribution in [0.5, 0.6) is 0 Å². The number of H-pyrrole nitrogens is 1. The summed E-state index contributed by atoms with van der Waals surface area (Å²) in [4.78, 5) is 23.8. The predicted molar refractivity (Wildman–Crippen MR) is 103 cm³/mol. The Kier molecular flexibility index (Phi) is 4.25. The zero-order chi connectivity index (χ0) is 17.9. The molecular formula is C19H14ClN5O. The van der Waals surface area contributed by atoms with Gasteiger partial charge < -0.3 is 15.6 Å². The fraction of sp³-hybridized carbons (Fsp3) is 0. The average molecular weight is 364 g/mol. The Morgan fingerprint density at radius 3 is 2.65 bits per heavy atom. The van der Waals surface area contributed by atoms with Crippen molar-refractivity contribution in [3.63, 3.8) is 0 Å². The van der Waals surface area contributed by atoms with Gasteiger partial charge in [-0.3, -0.25) is 4.79 Å². The van der Waals surface area contributed by atoms with Crippen molar-refractivity contribution in [3.8, 4) is 0 Å². The highest BCUT2D eigenvalue weighted by molar-refractivity contribution is 6.34. The van der Waals surface area contributed by atoms with E-state index in [4.69, 9.17) is 11.6 Å². The van der Waals surface area contributed by atoms with E-state index in [9.17, 15) is 4.79 Å². The zero-order valence-corrected chi connectivity index (χ0v) is 14.3. The van der Waals surface area contributed by atoms with Crippen LogP contribution in [-0.2, 0) is 0 Å². The molecule has 1 amide bonds. The summed E-state index contributed by atoms with van der Waals surface area (Å²) < 4.78 is 0. The van der Waals surface area contributed by atoms with E-state index in [0.29, 0.717) is 22.1 Å². The van der Waals surface area contributed by atoms with E-state index in [1.165, 1.54) is 6.33 Å². The lowest BCUT2D eigenvalue weighted by Gasteiger charge is -2.10. The number of aromatic amines is 1. The number of benzene rings is 2. The number of anilines is 3. The van der Waals surface area contributed by atoms with Crippen molar-refractivity contribution in [1.82, 2.24) is 15.0 Å². The van der Waals surface area contributed by atoms with E-state index in [2.05, 4.69) is 25.6 Å². The Balaban J connectivity index is 1.56. The SMILES string of the molecule is O=C(Nc1ccccc1)c1ccc(Nc2ncnc3[nH]ccc23)cc1Cl. The number of halogens is 1. The molecule has 2 heterocycles. The molecule has 0 aliphatic carbocycles. The number of fused-ring (bicyclic) bond motifs is 1. The second-order valence-electron chi connectivity index (χ2n) is 5.60. The van der Waals surface area contributed by atoms with Crippen LogP contribution in [0.4, 0.5) is 17.2 Å². The van der Waals surface area contributed by atoms with Crippen LogP contribution < -0.4 is 10.6 Å². The van der Waals surface area contributed by atoms with Crippen LogP contribution in [0.25, 0.3) is 11.0 Å². The molecule has 0 aliphatic rings. The second kappa shape index (κ2) is 6.85. The number of nitrogens with one attached hydrogen (secondary N) is 3. The summed E-state index contributed by atoms with van der Waals surface area (Å²) >= 11 is 6.31. The molecule has 4 aromatic rings. The summed E-state index contributed by atoms with van der Waals surface area (Å²) in [5, 5.41) is 7.24. The molecule has 0 aliphatic heterocycles. The van der Waals surface area contributed by atoms with Crippen molar-refractivity contribution in [1.29, 1.82) is 0 Å². The van der Waals surface area contributed by atoms with Gasteiger partial charge in [-0.25, -0.2) is 9.97 Å². The first kappa shape index (κ1) is 16.1. The maximum Gasteiger partial charge on any atom is 0.257 e. The van der Waals surface area contributed by atoms with E-state index in [0.717, 1.165) is 16.7 Å². The van der Waals surface area contributed by atoms with E-state index in [1.54, 1.807) is 24.4 Å². The minimum atomic E-state index is -0.261. The molecule has 3 N–H and O–H groups in total. The predicted octanol–water partition coefficient (Wildman–Crippen LogP) is 4.61. The van der Waals surface area contributed by atoms with Gasteiger partial charge in [0.15, 0.2) is 0 Å². The molecule has 0 bridgehead atoms. The Bertz CT molecular complexity index is 1080. The molecular weight excluding hydrogens is 350 g/mol. The molecule has 128 valence electrons. The molecule has 0 spiro atoms. The van der Waals surface area contributed by atoms with E-state index in [-0.39, 0.29) is 5.91 Å². The van der Waals surface area contributed by atoms with Gasteiger partial charge in [-0.15, -0.1) is 0 Å². The van der Waals surface area contributed by atoms with Crippen LogP contribution in [0.1, 0.15) is 10.4 Å². The maximum atomic E-state index is 12.4. The average Bonchev–Trinajstić information content (AvgIpc) is 3.12. The molecule has 0 saturated carbocycles. The van der Waals surface area contributed by atoms with Crippen molar-refractivity contribution in [2.75, 3.05) is 10.6 Å². The molecule has 26 heavy (non-hydrogen) atoms. The van der Waals surface area contributed by atoms with Crippen LogP contribution in [0.2, 0.25) is 5.02 Å². The minimum absolute atomic E-state index is 0.261. The third-order valence-corrected chi connectivity index (χ3v) is 4.17. The number of carbonyl (C=O) groups excluding carboxylic acids is 1. The zero-order valence-electron chi connectivity index (χ0n) is 13.5. The van der Waals surface area contributed by atoms with Crippen molar-refractivity contribution >= 4 is 45.7 Å². The van der Waals surface area contributed by atoms with E-state index >= 15 is 0 Å². The monoisotopic (exact) mass is 363 g/mol. The normalized spacial score (nSPS) is 10.7. The quantitative estimate of drug-likeness (QED) is 0.494. The first-order valence-corrected chi connectivity index (χ1v) is 8.29. The molecule has 7 heteroatoms. The van der Waals surface area contributed by atoms with Crippen LogP contribution in [0, 0.1) is 0 Å². The molecule has 6 nitrogen and oxygen atoms in total. The van der Waals surface area contributed by atoms with Crippen LogP contribution in [-0.4, -0.2) is 20.9 Å². The molecule has 0 radical (unpaired) electrons. The maximum absolute atomic E-state index is 12.4. The number of aromatic nitrogens is 3. The number of para-hydroxylation sites is 1. The topological polar surface area (TPSA) is 82.7 Å². The molecule has 4 rings (SSSR count). The second-order valence-corrected chi connectivity index (χ2v) is 6.01. The van der Waals surface area contributed by atoms with Gasteiger partial charge in [0.05, 0.1) is 16.0 Å². The highest BCUT2D eigenvalue weighted by Gasteiger charge is 2.12.